The maximum atomic E-state index is 12.4. The van der Waals surface area contributed by atoms with E-state index < -0.39 is 5.76 Å². The second-order valence-corrected chi connectivity index (χ2v) is 6.52. The molecule has 0 radical (unpaired) electrons. The highest BCUT2D eigenvalue weighted by molar-refractivity contribution is 7.13. The lowest BCUT2D eigenvalue weighted by Crippen LogP contribution is -2.12. The molecule has 0 aliphatic rings. The summed E-state index contributed by atoms with van der Waals surface area (Å²) in [7, 11) is 0. The minimum atomic E-state index is -0.538. The number of oxazole rings is 1. The molecule has 1 amide bonds. The summed E-state index contributed by atoms with van der Waals surface area (Å²) in [5.74, 6) is -0.876. The predicted molar refractivity (Wildman–Crippen MR) is 97.3 cm³/mol. The lowest BCUT2D eigenvalue weighted by molar-refractivity contribution is 0.102. The number of nitrogens with one attached hydrogen (secondary N) is 2. The van der Waals surface area contributed by atoms with Crippen molar-refractivity contribution in [1.82, 2.24) is 9.97 Å². The van der Waals surface area contributed by atoms with Crippen molar-refractivity contribution in [2.45, 2.75) is 0 Å². The van der Waals surface area contributed by atoms with Crippen LogP contribution in [-0.4, -0.2) is 15.9 Å². The minimum absolute atomic E-state index is 0.306. The molecular formula is C17H10ClN3O3S. The van der Waals surface area contributed by atoms with Crippen LogP contribution in [0.2, 0.25) is 5.02 Å². The Morgan fingerprint density at radius 3 is 2.96 bits per heavy atom. The highest BCUT2D eigenvalue weighted by atomic mass is 35.5. The zero-order valence-corrected chi connectivity index (χ0v) is 14.1. The molecule has 2 heterocycles. The molecule has 0 aliphatic heterocycles. The van der Waals surface area contributed by atoms with Gasteiger partial charge in [0.1, 0.15) is 10.7 Å². The van der Waals surface area contributed by atoms with Gasteiger partial charge in [0.2, 0.25) is 0 Å². The van der Waals surface area contributed by atoms with Gasteiger partial charge in [0.15, 0.2) is 5.58 Å². The zero-order valence-electron chi connectivity index (χ0n) is 12.6. The van der Waals surface area contributed by atoms with Crippen LogP contribution < -0.4 is 11.1 Å². The van der Waals surface area contributed by atoms with Gasteiger partial charge in [-0.3, -0.25) is 9.78 Å². The number of aromatic nitrogens is 2. The van der Waals surface area contributed by atoms with Gasteiger partial charge in [0.05, 0.1) is 5.52 Å². The summed E-state index contributed by atoms with van der Waals surface area (Å²) in [6.07, 6.45) is 0. The number of halogens is 1. The SMILES string of the molecule is O=C(Nc1ccc2oc(=O)[nH]c2c1)c1csc(-c2cccc(Cl)c2)n1. The number of amides is 1. The van der Waals surface area contributed by atoms with Gasteiger partial charge in [-0.2, -0.15) is 0 Å². The van der Waals surface area contributed by atoms with E-state index in [9.17, 15) is 9.59 Å². The number of carbonyl (C=O) groups is 1. The van der Waals surface area contributed by atoms with E-state index in [1.165, 1.54) is 11.3 Å². The molecule has 2 N–H and O–H groups in total. The molecular weight excluding hydrogens is 362 g/mol. The molecule has 0 saturated carbocycles. The predicted octanol–water partition coefficient (Wildman–Crippen LogP) is 4.15. The van der Waals surface area contributed by atoms with E-state index in [-0.39, 0.29) is 5.91 Å². The summed E-state index contributed by atoms with van der Waals surface area (Å²) in [6, 6.07) is 12.2. The zero-order chi connectivity index (χ0) is 17.4. The quantitative estimate of drug-likeness (QED) is 0.566. The summed E-state index contributed by atoms with van der Waals surface area (Å²) in [4.78, 5) is 30.5. The normalized spacial score (nSPS) is 10.9. The summed E-state index contributed by atoms with van der Waals surface area (Å²) in [5.41, 5.74) is 2.64. The van der Waals surface area contributed by atoms with Crippen LogP contribution >= 0.6 is 22.9 Å². The second kappa shape index (κ2) is 6.19. The summed E-state index contributed by atoms with van der Waals surface area (Å²) in [6.45, 7) is 0. The number of hydrogen-bond acceptors (Lipinski definition) is 5. The average molecular weight is 372 g/mol. The molecule has 0 fully saturated rings. The van der Waals surface area contributed by atoms with Gasteiger partial charge in [-0.1, -0.05) is 23.7 Å². The third-order valence-corrected chi connectivity index (χ3v) is 4.61. The largest absolute Gasteiger partial charge is 0.417 e. The lowest BCUT2D eigenvalue weighted by atomic mass is 10.2. The molecule has 124 valence electrons. The van der Waals surface area contributed by atoms with Gasteiger partial charge in [0, 0.05) is 21.7 Å². The fourth-order valence-corrected chi connectivity index (χ4v) is 3.34. The smallest absolute Gasteiger partial charge is 0.408 e. The molecule has 4 aromatic rings. The Kier molecular flexibility index (Phi) is 3.87. The Morgan fingerprint density at radius 2 is 2.12 bits per heavy atom. The Bertz CT molecular complexity index is 1150. The molecule has 0 spiro atoms. The van der Waals surface area contributed by atoms with Crippen molar-refractivity contribution >= 4 is 45.6 Å². The fourth-order valence-electron chi connectivity index (χ4n) is 2.36. The molecule has 8 heteroatoms. The van der Waals surface area contributed by atoms with Crippen molar-refractivity contribution in [3.8, 4) is 10.6 Å². The third-order valence-electron chi connectivity index (χ3n) is 3.49. The van der Waals surface area contributed by atoms with Crippen LogP contribution in [0, 0.1) is 0 Å². The third kappa shape index (κ3) is 3.19. The van der Waals surface area contributed by atoms with E-state index in [0.29, 0.717) is 32.5 Å². The van der Waals surface area contributed by atoms with E-state index in [1.54, 1.807) is 35.7 Å². The fraction of sp³-hybridized carbons (Fsp3) is 0. The molecule has 6 nitrogen and oxygen atoms in total. The van der Waals surface area contributed by atoms with E-state index in [0.717, 1.165) is 5.56 Å². The molecule has 2 aromatic carbocycles. The van der Waals surface area contributed by atoms with Crippen molar-refractivity contribution in [2.75, 3.05) is 5.32 Å². The number of rotatable bonds is 3. The summed E-state index contributed by atoms with van der Waals surface area (Å²) >= 11 is 7.35. The van der Waals surface area contributed by atoms with Crippen LogP contribution in [0.5, 0.6) is 0 Å². The van der Waals surface area contributed by atoms with Gasteiger partial charge in [-0.25, -0.2) is 9.78 Å². The first-order chi connectivity index (χ1) is 12.1. The minimum Gasteiger partial charge on any atom is -0.408 e. The summed E-state index contributed by atoms with van der Waals surface area (Å²) in [5, 5.41) is 5.76. The molecule has 0 unspecified atom stereocenters. The Balaban J connectivity index is 1.57. The molecule has 2 aromatic heterocycles. The first-order valence-corrected chi connectivity index (χ1v) is 8.50. The van der Waals surface area contributed by atoms with Crippen LogP contribution in [-0.2, 0) is 0 Å². The van der Waals surface area contributed by atoms with Crippen molar-refractivity contribution in [3.63, 3.8) is 0 Å². The number of benzene rings is 2. The van der Waals surface area contributed by atoms with Gasteiger partial charge in [-0.05, 0) is 30.3 Å². The average Bonchev–Trinajstić information content (AvgIpc) is 3.20. The summed E-state index contributed by atoms with van der Waals surface area (Å²) < 4.78 is 4.93. The van der Waals surface area contributed by atoms with Crippen LogP contribution in [0.25, 0.3) is 21.7 Å². The first kappa shape index (κ1) is 15.6. The van der Waals surface area contributed by atoms with E-state index in [1.807, 2.05) is 12.1 Å². The van der Waals surface area contributed by atoms with E-state index in [2.05, 4.69) is 15.3 Å². The van der Waals surface area contributed by atoms with Crippen LogP contribution in [0.3, 0.4) is 0 Å². The Hall–Kier alpha value is -2.90. The Labute approximate surface area is 150 Å². The Morgan fingerprint density at radius 1 is 1.24 bits per heavy atom. The maximum absolute atomic E-state index is 12.4. The lowest BCUT2D eigenvalue weighted by Gasteiger charge is -2.02. The monoisotopic (exact) mass is 371 g/mol. The molecule has 4 rings (SSSR count). The van der Waals surface area contributed by atoms with Gasteiger partial charge < -0.3 is 9.73 Å². The topological polar surface area (TPSA) is 88.0 Å². The van der Waals surface area contributed by atoms with E-state index >= 15 is 0 Å². The number of carbonyl (C=O) groups excluding carboxylic acids is 1. The molecule has 0 atom stereocenters. The molecule has 0 aliphatic carbocycles. The number of H-pyrrole nitrogens is 1. The van der Waals surface area contributed by atoms with Crippen molar-refractivity contribution < 1.29 is 9.21 Å². The number of thiazole rings is 1. The molecule has 0 saturated heterocycles. The molecule has 0 bridgehead atoms. The maximum Gasteiger partial charge on any atom is 0.417 e. The first-order valence-electron chi connectivity index (χ1n) is 7.24. The van der Waals surface area contributed by atoms with Crippen LogP contribution in [0.4, 0.5) is 5.69 Å². The van der Waals surface area contributed by atoms with Gasteiger partial charge in [0.25, 0.3) is 5.91 Å². The number of anilines is 1. The van der Waals surface area contributed by atoms with Gasteiger partial charge in [-0.15, -0.1) is 11.3 Å². The standard InChI is InChI=1S/C17H10ClN3O3S/c18-10-3-1-2-9(6-10)16-20-13(8-25-16)15(22)19-11-4-5-14-12(7-11)21-17(23)24-14/h1-8H,(H,19,22)(H,21,23). The highest BCUT2D eigenvalue weighted by Gasteiger charge is 2.13. The number of nitrogens with zero attached hydrogens (tertiary/aromatic N) is 1. The number of aromatic amines is 1. The highest BCUT2D eigenvalue weighted by Crippen LogP contribution is 2.26. The number of hydrogen-bond donors (Lipinski definition) is 2. The van der Waals surface area contributed by atoms with Crippen LogP contribution in [0.1, 0.15) is 10.5 Å². The van der Waals surface area contributed by atoms with Gasteiger partial charge >= 0.3 is 5.76 Å². The second-order valence-electron chi connectivity index (χ2n) is 5.23. The molecule has 25 heavy (non-hydrogen) atoms. The van der Waals surface area contributed by atoms with Crippen molar-refractivity contribution in [2.24, 2.45) is 0 Å². The van der Waals surface area contributed by atoms with Crippen molar-refractivity contribution in [1.29, 1.82) is 0 Å². The van der Waals surface area contributed by atoms with Crippen LogP contribution in [0.15, 0.2) is 57.1 Å². The van der Waals surface area contributed by atoms with Crippen molar-refractivity contribution in [3.05, 3.63) is 69.1 Å². The number of fused-ring (bicyclic) bond motifs is 1. The van der Waals surface area contributed by atoms with E-state index in [4.69, 9.17) is 16.0 Å².